The molecule has 0 amide bonds. The van der Waals surface area contributed by atoms with Gasteiger partial charge in [0.2, 0.25) is 0 Å². The fourth-order valence-electron chi connectivity index (χ4n) is 2.40. The van der Waals surface area contributed by atoms with Crippen LogP contribution >= 0.6 is 0 Å². The third-order valence-electron chi connectivity index (χ3n) is 3.84. The number of aromatic hydroxyl groups is 1. The summed E-state index contributed by atoms with van der Waals surface area (Å²) in [5.41, 5.74) is 3.55. The Balaban J connectivity index is 1.74. The van der Waals surface area contributed by atoms with Gasteiger partial charge in [-0.25, -0.2) is 4.79 Å². The molecule has 3 rings (SSSR count). The Bertz CT molecular complexity index is 952. The number of hydrogen-bond acceptors (Lipinski definition) is 4. The van der Waals surface area contributed by atoms with Gasteiger partial charge in [0.25, 0.3) is 0 Å². The molecule has 3 aromatic rings. The highest BCUT2D eigenvalue weighted by Crippen LogP contribution is 2.24. The second-order valence-corrected chi connectivity index (χ2v) is 5.60. The molecule has 122 valence electrons. The number of nitrogens with zero attached hydrogens (tertiary/aromatic N) is 1. The molecule has 0 saturated heterocycles. The summed E-state index contributed by atoms with van der Waals surface area (Å²) in [5, 5.41) is 18.4. The second kappa shape index (κ2) is 6.90. The van der Waals surface area contributed by atoms with Gasteiger partial charge < -0.3 is 9.84 Å². The lowest BCUT2D eigenvalue weighted by atomic mass is 10.0. The number of esters is 1. The maximum absolute atomic E-state index is 12.2. The van der Waals surface area contributed by atoms with Crippen LogP contribution < -0.4 is 4.74 Å². The maximum atomic E-state index is 12.2. The number of hydrogen-bond donors (Lipinski definition) is 1. The van der Waals surface area contributed by atoms with E-state index in [2.05, 4.69) is 6.07 Å². The highest BCUT2D eigenvalue weighted by atomic mass is 16.5. The zero-order chi connectivity index (χ0) is 17.8. The van der Waals surface area contributed by atoms with Crippen LogP contribution in [-0.4, -0.2) is 11.1 Å². The fourth-order valence-corrected chi connectivity index (χ4v) is 2.40. The molecule has 0 spiro atoms. The minimum absolute atomic E-state index is 0.142. The molecule has 0 heterocycles. The summed E-state index contributed by atoms with van der Waals surface area (Å²) >= 11 is 0. The van der Waals surface area contributed by atoms with E-state index in [1.807, 2.05) is 24.3 Å². The molecular weight excluding hydrogens is 314 g/mol. The molecule has 4 heteroatoms. The van der Waals surface area contributed by atoms with Crippen LogP contribution in [0.4, 0.5) is 0 Å². The van der Waals surface area contributed by atoms with E-state index in [9.17, 15) is 9.90 Å². The Labute approximate surface area is 145 Å². The Morgan fingerprint density at radius 1 is 0.960 bits per heavy atom. The van der Waals surface area contributed by atoms with Crippen molar-refractivity contribution in [3.8, 4) is 28.7 Å². The number of ether oxygens (including phenoxy) is 1. The molecule has 25 heavy (non-hydrogen) atoms. The van der Waals surface area contributed by atoms with Gasteiger partial charge in [0, 0.05) is 0 Å². The normalized spacial score (nSPS) is 10.1. The van der Waals surface area contributed by atoms with Gasteiger partial charge in [-0.3, -0.25) is 0 Å². The molecule has 0 aliphatic rings. The highest BCUT2D eigenvalue weighted by Gasteiger charge is 2.10. The molecule has 0 aliphatic heterocycles. The zero-order valence-corrected chi connectivity index (χ0v) is 13.6. The Hall–Kier alpha value is -3.58. The topological polar surface area (TPSA) is 70.3 Å². The Kier molecular flexibility index (Phi) is 4.49. The molecular formula is C21H15NO3. The predicted molar refractivity (Wildman–Crippen MR) is 94.4 cm³/mol. The number of rotatable bonds is 3. The summed E-state index contributed by atoms with van der Waals surface area (Å²) in [6.45, 7) is 1.72. The van der Waals surface area contributed by atoms with Crippen LogP contribution in [0.5, 0.6) is 11.5 Å². The third kappa shape index (κ3) is 3.67. The monoisotopic (exact) mass is 329 g/mol. The van der Waals surface area contributed by atoms with E-state index in [4.69, 9.17) is 10.00 Å². The van der Waals surface area contributed by atoms with E-state index >= 15 is 0 Å². The first-order valence-electron chi connectivity index (χ1n) is 7.69. The lowest BCUT2D eigenvalue weighted by molar-refractivity contribution is 0.0734. The summed E-state index contributed by atoms with van der Waals surface area (Å²) in [5.74, 6) is 0.102. The van der Waals surface area contributed by atoms with Gasteiger partial charge in [0.15, 0.2) is 0 Å². The number of carbonyl (C=O) groups excluding carboxylic acids is 1. The molecule has 0 bridgehead atoms. The Morgan fingerprint density at radius 3 is 2.12 bits per heavy atom. The van der Waals surface area contributed by atoms with Gasteiger partial charge in [-0.1, -0.05) is 24.3 Å². The Morgan fingerprint density at radius 2 is 1.56 bits per heavy atom. The van der Waals surface area contributed by atoms with Crippen LogP contribution in [0.15, 0.2) is 66.7 Å². The molecule has 0 aromatic heterocycles. The van der Waals surface area contributed by atoms with E-state index in [-0.39, 0.29) is 5.75 Å². The predicted octanol–water partition coefficient (Wildman–Crippen LogP) is 4.46. The first kappa shape index (κ1) is 16.3. The summed E-state index contributed by atoms with van der Waals surface area (Å²) in [6.07, 6.45) is 0. The van der Waals surface area contributed by atoms with Gasteiger partial charge in [0.1, 0.15) is 11.5 Å². The largest absolute Gasteiger partial charge is 0.508 e. The van der Waals surface area contributed by atoms with Crippen molar-refractivity contribution in [2.75, 3.05) is 0 Å². The van der Waals surface area contributed by atoms with Gasteiger partial charge in [-0.2, -0.15) is 5.26 Å². The molecule has 0 fully saturated rings. The summed E-state index contributed by atoms with van der Waals surface area (Å²) in [6, 6.07) is 21.1. The molecule has 0 unspecified atom stereocenters. The zero-order valence-electron chi connectivity index (χ0n) is 13.6. The van der Waals surface area contributed by atoms with Crippen molar-refractivity contribution in [1.82, 2.24) is 0 Å². The molecule has 1 N–H and O–H groups in total. The number of benzene rings is 3. The fraction of sp³-hybridized carbons (Fsp3) is 0.0476. The number of aryl methyl sites for hydroxylation is 1. The standard InChI is InChI=1S/C21H15NO3/c1-14-12-18(8-11-20(14)23)21(24)25-19-9-6-17(7-10-19)16-4-2-15(13-22)3-5-16/h2-12,23H,1H3. The maximum Gasteiger partial charge on any atom is 0.343 e. The lowest BCUT2D eigenvalue weighted by Gasteiger charge is -2.07. The van der Waals surface area contributed by atoms with E-state index in [0.29, 0.717) is 22.4 Å². The van der Waals surface area contributed by atoms with Crippen LogP contribution in [0.25, 0.3) is 11.1 Å². The van der Waals surface area contributed by atoms with Crippen molar-refractivity contribution in [1.29, 1.82) is 5.26 Å². The number of phenols is 1. The van der Waals surface area contributed by atoms with Crippen molar-refractivity contribution in [3.05, 3.63) is 83.4 Å². The highest BCUT2D eigenvalue weighted by molar-refractivity contribution is 5.91. The smallest absolute Gasteiger partial charge is 0.343 e. The first-order chi connectivity index (χ1) is 12.1. The van der Waals surface area contributed by atoms with Crippen LogP contribution in [0.3, 0.4) is 0 Å². The van der Waals surface area contributed by atoms with Crippen molar-refractivity contribution < 1.29 is 14.6 Å². The number of carbonyl (C=O) groups is 1. The van der Waals surface area contributed by atoms with Crippen LogP contribution in [0.2, 0.25) is 0 Å². The average molecular weight is 329 g/mol. The summed E-state index contributed by atoms with van der Waals surface area (Å²) < 4.78 is 5.36. The van der Waals surface area contributed by atoms with Gasteiger partial charge in [-0.05, 0) is 66.1 Å². The van der Waals surface area contributed by atoms with Crippen molar-refractivity contribution in [2.45, 2.75) is 6.92 Å². The lowest BCUT2D eigenvalue weighted by Crippen LogP contribution is -2.08. The quantitative estimate of drug-likeness (QED) is 0.569. The van der Waals surface area contributed by atoms with E-state index in [1.165, 1.54) is 12.1 Å². The molecule has 0 atom stereocenters. The second-order valence-electron chi connectivity index (χ2n) is 5.60. The van der Waals surface area contributed by atoms with Gasteiger partial charge in [0.05, 0.1) is 17.2 Å². The van der Waals surface area contributed by atoms with Crippen molar-refractivity contribution in [3.63, 3.8) is 0 Å². The average Bonchev–Trinajstić information content (AvgIpc) is 2.64. The third-order valence-corrected chi connectivity index (χ3v) is 3.84. The van der Waals surface area contributed by atoms with E-state index < -0.39 is 5.97 Å². The van der Waals surface area contributed by atoms with Gasteiger partial charge in [-0.15, -0.1) is 0 Å². The van der Waals surface area contributed by atoms with Crippen molar-refractivity contribution in [2.24, 2.45) is 0 Å². The minimum Gasteiger partial charge on any atom is -0.508 e. The number of nitriles is 1. The van der Waals surface area contributed by atoms with Crippen LogP contribution in [-0.2, 0) is 0 Å². The molecule has 4 nitrogen and oxygen atoms in total. The SMILES string of the molecule is Cc1cc(C(=O)Oc2ccc(-c3ccc(C#N)cc3)cc2)ccc1O. The molecule has 0 aliphatic carbocycles. The first-order valence-corrected chi connectivity index (χ1v) is 7.69. The van der Waals surface area contributed by atoms with Crippen LogP contribution in [0.1, 0.15) is 21.5 Å². The van der Waals surface area contributed by atoms with E-state index in [0.717, 1.165) is 11.1 Å². The molecule has 3 aromatic carbocycles. The van der Waals surface area contributed by atoms with Crippen molar-refractivity contribution >= 4 is 5.97 Å². The molecule has 0 radical (unpaired) electrons. The number of phenolic OH excluding ortho intramolecular Hbond substituents is 1. The van der Waals surface area contributed by atoms with Crippen LogP contribution in [0, 0.1) is 18.3 Å². The summed E-state index contributed by atoms with van der Waals surface area (Å²) in [7, 11) is 0. The molecule has 0 saturated carbocycles. The summed E-state index contributed by atoms with van der Waals surface area (Å²) in [4.78, 5) is 12.2. The van der Waals surface area contributed by atoms with Gasteiger partial charge >= 0.3 is 5.97 Å². The minimum atomic E-state index is -0.478. The van der Waals surface area contributed by atoms with E-state index in [1.54, 1.807) is 37.3 Å².